The van der Waals surface area contributed by atoms with Gasteiger partial charge >= 0.3 is 5.97 Å². The number of halogens is 1. The van der Waals surface area contributed by atoms with Gasteiger partial charge in [0, 0.05) is 34.8 Å². The molecule has 0 amide bonds. The van der Waals surface area contributed by atoms with Gasteiger partial charge in [-0.15, -0.1) is 11.3 Å². The Labute approximate surface area is 271 Å². The summed E-state index contributed by atoms with van der Waals surface area (Å²) in [6.45, 7) is 11.4. The van der Waals surface area contributed by atoms with Crippen molar-refractivity contribution in [1.29, 1.82) is 0 Å². The third-order valence-corrected chi connectivity index (χ3v) is 8.35. The molecule has 0 aliphatic heterocycles. The summed E-state index contributed by atoms with van der Waals surface area (Å²) in [6.07, 6.45) is 3.81. The number of benzene rings is 2. The summed E-state index contributed by atoms with van der Waals surface area (Å²) in [7, 11) is 1.92. The third kappa shape index (κ3) is 7.39. The van der Waals surface area contributed by atoms with E-state index in [4.69, 9.17) is 26.4 Å². The molecular weight excluding hydrogens is 606 g/mol. The fourth-order valence-corrected chi connectivity index (χ4v) is 6.30. The van der Waals surface area contributed by atoms with Crippen LogP contribution in [0.3, 0.4) is 0 Å². The third-order valence-electron chi connectivity index (χ3n) is 6.96. The van der Waals surface area contributed by atoms with Crippen molar-refractivity contribution in [3.05, 3.63) is 82.8 Å². The lowest BCUT2D eigenvalue weighted by molar-refractivity contribution is -0.142. The quantitative estimate of drug-likeness (QED) is 0.183. The normalized spacial score (nSPS) is 11.5. The molecule has 0 radical (unpaired) electrons. The average molecular weight is 642 g/mol. The van der Waals surface area contributed by atoms with Crippen molar-refractivity contribution in [3.8, 4) is 33.1 Å². The minimum atomic E-state index is -0.500. The van der Waals surface area contributed by atoms with Crippen LogP contribution in [0.15, 0.2) is 60.9 Å². The molecule has 0 aliphatic rings. The Morgan fingerprint density at radius 3 is 2.40 bits per heavy atom. The van der Waals surface area contributed by atoms with Crippen molar-refractivity contribution in [2.24, 2.45) is 7.05 Å². The van der Waals surface area contributed by atoms with E-state index in [1.807, 2.05) is 87.2 Å². The molecule has 232 valence electrons. The van der Waals surface area contributed by atoms with Crippen LogP contribution in [0.2, 0.25) is 5.02 Å². The highest BCUT2D eigenvalue weighted by molar-refractivity contribution is 7.22. The van der Waals surface area contributed by atoms with Gasteiger partial charge in [0.05, 0.1) is 57.6 Å². The van der Waals surface area contributed by atoms with Gasteiger partial charge < -0.3 is 9.84 Å². The number of aryl methyl sites for hydroxylation is 3. The number of carbonyl (C=O) groups is 1. The zero-order chi connectivity index (χ0) is 32.5. The molecule has 10 heteroatoms. The fourth-order valence-electron chi connectivity index (χ4n) is 5.04. The van der Waals surface area contributed by atoms with Crippen molar-refractivity contribution >= 4 is 50.0 Å². The maximum atomic E-state index is 12.6. The summed E-state index contributed by atoms with van der Waals surface area (Å²) in [4.78, 5) is 26.9. The van der Waals surface area contributed by atoms with E-state index in [9.17, 15) is 4.79 Å². The van der Waals surface area contributed by atoms with Crippen molar-refractivity contribution in [1.82, 2.24) is 24.7 Å². The van der Waals surface area contributed by atoms with Crippen LogP contribution in [0, 0.1) is 13.8 Å². The Bertz CT molecular complexity index is 2000. The molecule has 0 saturated carbocycles. The highest BCUT2D eigenvalue weighted by Gasteiger charge is 2.20. The zero-order valence-corrected chi connectivity index (χ0v) is 28.0. The van der Waals surface area contributed by atoms with Crippen LogP contribution in [-0.4, -0.2) is 48.0 Å². The number of fused-ring (bicyclic) bond motifs is 2. The minimum Gasteiger partial charge on any atom is -0.466 e. The van der Waals surface area contributed by atoms with E-state index < -0.39 is 5.60 Å². The van der Waals surface area contributed by atoms with E-state index in [2.05, 4.69) is 15.1 Å². The monoisotopic (exact) mass is 641 g/mol. The SMILES string of the molecule is CC(C)(C)O.CCOC(=O)Cc1c(C)cc2nc(-c3ccnc(-c4cc5c(C)nn(C)c5cn4)c3)sc2c1-c1ccc(Cl)cc1. The Kier molecular flexibility index (Phi) is 9.34. The second-order valence-electron chi connectivity index (χ2n) is 11.8. The number of aliphatic hydroxyl groups is 1. The molecule has 6 aromatic rings. The van der Waals surface area contributed by atoms with Gasteiger partial charge in [0.2, 0.25) is 0 Å². The Morgan fingerprint density at radius 2 is 1.71 bits per heavy atom. The number of hydrogen-bond acceptors (Lipinski definition) is 8. The van der Waals surface area contributed by atoms with Crippen LogP contribution in [-0.2, 0) is 23.0 Å². The molecule has 4 aromatic heterocycles. The Balaban J connectivity index is 0.000000743. The Hall–Kier alpha value is -4.18. The van der Waals surface area contributed by atoms with Gasteiger partial charge in [0.25, 0.3) is 0 Å². The van der Waals surface area contributed by atoms with Gasteiger partial charge in [0.1, 0.15) is 5.01 Å². The molecule has 0 aliphatic carbocycles. The summed E-state index contributed by atoms with van der Waals surface area (Å²) in [5.41, 5.74) is 8.68. The molecular formula is C35H36ClN5O3S. The summed E-state index contributed by atoms with van der Waals surface area (Å²) >= 11 is 7.80. The highest BCUT2D eigenvalue weighted by Crippen LogP contribution is 2.41. The fraction of sp³-hybridized carbons (Fsp3) is 0.286. The van der Waals surface area contributed by atoms with E-state index >= 15 is 0 Å². The average Bonchev–Trinajstić information content (AvgIpc) is 3.53. The van der Waals surface area contributed by atoms with Gasteiger partial charge in [0.15, 0.2) is 0 Å². The molecule has 8 nitrogen and oxygen atoms in total. The molecule has 0 unspecified atom stereocenters. The first-order valence-corrected chi connectivity index (χ1v) is 15.8. The highest BCUT2D eigenvalue weighted by atomic mass is 35.5. The molecule has 45 heavy (non-hydrogen) atoms. The van der Waals surface area contributed by atoms with Crippen molar-refractivity contribution < 1.29 is 14.6 Å². The van der Waals surface area contributed by atoms with Crippen molar-refractivity contribution in [2.75, 3.05) is 6.61 Å². The molecule has 0 spiro atoms. The number of thiazole rings is 1. The first-order chi connectivity index (χ1) is 21.3. The maximum Gasteiger partial charge on any atom is 0.310 e. The van der Waals surface area contributed by atoms with Gasteiger partial charge in [-0.3, -0.25) is 19.4 Å². The van der Waals surface area contributed by atoms with Crippen molar-refractivity contribution in [2.45, 2.75) is 53.6 Å². The smallest absolute Gasteiger partial charge is 0.310 e. The number of ether oxygens (including phenoxy) is 1. The van der Waals surface area contributed by atoms with Crippen LogP contribution in [0.5, 0.6) is 0 Å². The van der Waals surface area contributed by atoms with E-state index in [0.717, 1.165) is 71.0 Å². The lowest BCUT2D eigenvalue weighted by atomic mass is 9.93. The lowest BCUT2D eigenvalue weighted by Crippen LogP contribution is -2.10. The zero-order valence-electron chi connectivity index (χ0n) is 26.5. The largest absolute Gasteiger partial charge is 0.466 e. The van der Waals surface area contributed by atoms with E-state index in [0.29, 0.717) is 11.6 Å². The molecule has 1 N–H and O–H groups in total. The van der Waals surface area contributed by atoms with Gasteiger partial charge in [-0.1, -0.05) is 23.7 Å². The second kappa shape index (κ2) is 13.0. The number of aromatic nitrogens is 5. The number of hydrogen-bond donors (Lipinski definition) is 1. The second-order valence-corrected chi connectivity index (χ2v) is 13.2. The standard InChI is InChI=1S/C31H26ClN5O2S.C4H10O/c1-5-39-28(38)15-22-17(2)12-26-30(29(22)19-6-8-21(32)9-7-19)40-31(35-26)20-10-11-33-24(13-20)25-14-23-18(3)36-37(4)27(23)16-34-25;1-4(2,3)5/h6-14,16H,5,15H2,1-4H3;5H,1-3H3. The first-order valence-electron chi connectivity index (χ1n) is 14.7. The molecule has 2 aromatic carbocycles. The maximum absolute atomic E-state index is 12.6. The molecule has 0 atom stereocenters. The topological polar surface area (TPSA) is 103 Å². The number of carbonyl (C=O) groups excluding carboxylic acids is 1. The number of esters is 1. The van der Waals surface area contributed by atoms with E-state index in [1.165, 1.54) is 0 Å². The number of nitrogens with zero attached hydrogens (tertiary/aromatic N) is 5. The summed E-state index contributed by atoms with van der Waals surface area (Å²) < 4.78 is 8.14. The minimum absolute atomic E-state index is 0.183. The van der Waals surface area contributed by atoms with Crippen LogP contribution >= 0.6 is 22.9 Å². The number of rotatable bonds is 6. The van der Waals surface area contributed by atoms with E-state index in [-0.39, 0.29) is 12.4 Å². The predicted molar refractivity (Wildman–Crippen MR) is 183 cm³/mol. The molecule has 0 saturated heterocycles. The molecule has 0 bridgehead atoms. The summed E-state index contributed by atoms with van der Waals surface area (Å²) in [5.74, 6) is -0.253. The van der Waals surface area contributed by atoms with Crippen LogP contribution in [0.4, 0.5) is 0 Å². The number of pyridine rings is 2. The molecule has 4 heterocycles. The van der Waals surface area contributed by atoms with E-state index in [1.54, 1.807) is 38.3 Å². The van der Waals surface area contributed by atoms with Gasteiger partial charge in [-0.25, -0.2) is 4.98 Å². The summed E-state index contributed by atoms with van der Waals surface area (Å²) in [5, 5.41) is 15.6. The van der Waals surface area contributed by atoms with Crippen molar-refractivity contribution in [3.63, 3.8) is 0 Å². The van der Waals surface area contributed by atoms with Gasteiger partial charge in [-0.2, -0.15) is 5.10 Å². The molecule has 0 fully saturated rings. The molecule has 6 rings (SSSR count). The first kappa shape index (κ1) is 32.2. The van der Waals surface area contributed by atoms with Gasteiger partial charge in [-0.05, 0) is 94.6 Å². The summed E-state index contributed by atoms with van der Waals surface area (Å²) in [6, 6.07) is 15.8. The van der Waals surface area contributed by atoms with Crippen LogP contribution in [0.25, 0.3) is 54.2 Å². The van der Waals surface area contributed by atoms with Crippen LogP contribution < -0.4 is 0 Å². The Morgan fingerprint density at radius 1 is 1.02 bits per heavy atom. The van der Waals surface area contributed by atoms with Crippen LogP contribution in [0.1, 0.15) is 44.5 Å². The lowest BCUT2D eigenvalue weighted by Gasteiger charge is -2.14. The predicted octanol–water partition coefficient (Wildman–Crippen LogP) is 8.13.